The smallest absolute Gasteiger partial charge is 0.224 e. The molecule has 0 aliphatic heterocycles. The summed E-state index contributed by atoms with van der Waals surface area (Å²) in [5, 5.41) is 2.93. The molecule has 0 aliphatic rings. The first-order chi connectivity index (χ1) is 11.6. The molecule has 1 N–H and O–H groups in total. The molecule has 2 aromatic rings. The van der Waals surface area contributed by atoms with E-state index < -0.39 is 0 Å². The van der Waals surface area contributed by atoms with Crippen LogP contribution in [0.4, 0.5) is 5.69 Å². The van der Waals surface area contributed by atoms with Gasteiger partial charge in [0.25, 0.3) is 0 Å². The fraction of sp³-hybridized carbons (Fsp3) is 0.381. The molecule has 0 saturated carbocycles. The van der Waals surface area contributed by atoms with Gasteiger partial charge >= 0.3 is 0 Å². The highest BCUT2D eigenvalue weighted by molar-refractivity contribution is 5.90. The molecule has 0 atom stereocenters. The molecule has 0 unspecified atom stereocenters. The Morgan fingerprint density at radius 1 is 1.04 bits per heavy atom. The molecule has 3 heteroatoms. The summed E-state index contributed by atoms with van der Waals surface area (Å²) in [6.45, 7) is 6.99. The predicted octanol–water partition coefficient (Wildman–Crippen LogP) is 5.17. The number of carbonyl (C=O) groups is 1. The van der Waals surface area contributed by atoms with Crippen LogP contribution in [-0.2, 0) is 11.2 Å². The molecule has 0 bridgehead atoms. The van der Waals surface area contributed by atoms with Crippen molar-refractivity contribution in [3.8, 4) is 5.75 Å². The van der Waals surface area contributed by atoms with Crippen LogP contribution in [0.15, 0.2) is 48.5 Å². The van der Waals surface area contributed by atoms with Crippen LogP contribution in [0.3, 0.4) is 0 Å². The highest BCUT2D eigenvalue weighted by Gasteiger charge is 2.04. The van der Waals surface area contributed by atoms with Crippen molar-refractivity contribution in [3.63, 3.8) is 0 Å². The molecule has 0 heterocycles. The minimum absolute atomic E-state index is 0.0252. The van der Waals surface area contributed by atoms with Gasteiger partial charge in [0.05, 0.1) is 6.61 Å². The van der Waals surface area contributed by atoms with Gasteiger partial charge in [-0.05, 0) is 54.2 Å². The molecule has 1 amide bonds. The van der Waals surface area contributed by atoms with Crippen LogP contribution in [0, 0.1) is 0 Å². The third-order valence-corrected chi connectivity index (χ3v) is 4.01. The summed E-state index contributed by atoms with van der Waals surface area (Å²) in [5.74, 6) is 1.38. The van der Waals surface area contributed by atoms with E-state index in [0.717, 1.165) is 17.9 Å². The predicted molar refractivity (Wildman–Crippen MR) is 99.7 cm³/mol. The maximum Gasteiger partial charge on any atom is 0.224 e. The average Bonchev–Trinajstić information content (AvgIpc) is 2.59. The highest BCUT2D eigenvalue weighted by atomic mass is 16.5. The zero-order valence-electron chi connectivity index (χ0n) is 14.8. The van der Waals surface area contributed by atoms with Crippen LogP contribution in [0.5, 0.6) is 5.75 Å². The Bertz CT molecular complexity index is 630. The number of rotatable bonds is 8. The summed E-state index contributed by atoms with van der Waals surface area (Å²) in [5.41, 5.74) is 3.42. The molecule has 24 heavy (non-hydrogen) atoms. The second-order valence-electron chi connectivity index (χ2n) is 6.27. The number of anilines is 1. The van der Waals surface area contributed by atoms with Crippen LogP contribution in [0.1, 0.15) is 50.7 Å². The summed E-state index contributed by atoms with van der Waals surface area (Å²) in [6.07, 6.45) is 2.18. The number of amides is 1. The van der Waals surface area contributed by atoms with Crippen molar-refractivity contribution >= 4 is 11.6 Å². The number of nitrogens with one attached hydrogen (secondary N) is 1. The Balaban J connectivity index is 1.69. The minimum atomic E-state index is 0.0252. The van der Waals surface area contributed by atoms with Gasteiger partial charge in [-0.3, -0.25) is 4.79 Å². The Kier molecular flexibility index (Phi) is 6.86. The van der Waals surface area contributed by atoms with Gasteiger partial charge in [0.1, 0.15) is 5.75 Å². The van der Waals surface area contributed by atoms with Crippen LogP contribution in [0.25, 0.3) is 0 Å². The summed E-state index contributed by atoms with van der Waals surface area (Å²) >= 11 is 0. The zero-order chi connectivity index (χ0) is 17.4. The largest absolute Gasteiger partial charge is 0.494 e. The second kappa shape index (κ2) is 9.11. The normalized spacial score (nSPS) is 10.7. The quantitative estimate of drug-likeness (QED) is 0.680. The molecule has 3 nitrogen and oxygen atoms in total. The molecular weight excluding hydrogens is 298 g/mol. The lowest BCUT2D eigenvalue weighted by Gasteiger charge is -2.09. The van der Waals surface area contributed by atoms with Crippen molar-refractivity contribution < 1.29 is 9.53 Å². The summed E-state index contributed by atoms with van der Waals surface area (Å²) in [7, 11) is 0. The fourth-order valence-electron chi connectivity index (χ4n) is 2.42. The van der Waals surface area contributed by atoms with Gasteiger partial charge in [-0.2, -0.15) is 0 Å². The third kappa shape index (κ3) is 5.73. The van der Waals surface area contributed by atoms with E-state index >= 15 is 0 Å². The first kappa shape index (κ1) is 18.1. The Labute approximate surface area is 145 Å². The standard InChI is InChI=1S/C21H27NO2/c1-4-17-7-13-20(14-8-17)24-15-5-6-21(23)22-19-11-9-18(10-12-19)16(2)3/h7-14,16H,4-6,15H2,1-3H3,(H,22,23). The van der Waals surface area contributed by atoms with Gasteiger partial charge in [-0.25, -0.2) is 0 Å². The van der Waals surface area contributed by atoms with Crippen LogP contribution in [-0.4, -0.2) is 12.5 Å². The van der Waals surface area contributed by atoms with Crippen molar-refractivity contribution in [2.24, 2.45) is 0 Å². The Hall–Kier alpha value is -2.29. The number of aryl methyl sites for hydroxylation is 1. The summed E-state index contributed by atoms with van der Waals surface area (Å²) in [6, 6.07) is 16.1. The van der Waals surface area contributed by atoms with Crippen molar-refractivity contribution in [1.29, 1.82) is 0 Å². The van der Waals surface area contributed by atoms with E-state index in [1.807, 2.05) is 24.3 Å². The van der Waals surface area contributed by atoms with Crippen LogP contribution >= 0.6 is 0 Å². The van der Waals surface area contributed by atoms with Crippen LogP contribution < -0.4 is 10.1 Å². The van der Waals surface area contributed by atoms with Crippen molar-refractivity contribution in [1.82, 2.24) is 0 Å². The lowest BCUT2D eigenvalue weighted by Crippen LogP contribution is -2.12. The minimum Gasteiger partial charge on any atom is -0.494 e. The summed E-state index contributed by atoms with van der Waals surface area (Å²) in [4.78, 5) is 12.0. The van der Waals surface area contributed by atoms with E-state index in [9.17, 15) is 4.79 Å². The van der Waals surface area contributed by atoms with Gasteiger partial charge < -0.3 is 10.1 Å². The maximum absolute atomic E-state index is 12.0. The molecule has 128 valence electrons. The topological polar surface area (TPSA) is 38.3 Å². The van der Waals surface area contributed by atoms with Gasteiger partial charge in [0.15, 0.2) is 0 Å². The van der Waals surface area contributed by atoms with Crippen molar-refractivity contribution in [3.05, 3.63) is 59.7 Å². The molecule has 2 aromatic carbocycles. The molecule has 0 fully saturated rings. The SMILES string of the molecule is CCc1ccc(OCCCC(=O)Nc2ccc(C(C)C)cc2)cc1. The molecule has 0 radical (unpaired) electrons. The number of benzene rings is 2. The van der Waals surface area contributed by atoms with Gasteiger partial charge in [-0.15, -0.1) is 0 Å². The molecule has 0 spiro atoms. The highest BCUT2D eigenvalue weighted by Crippen LogP contribution is 2.17. The third-order valence-electron chi connectivity index (χ3n) is 4.01. The Morgan fingerprint density at radius 3 is 2.29 bits per heavy atom. The molecule has 0 saturated heterocycles. The number of hydrogen-bond acceptors (Lipinski definition) is 2. The molecule has 0 aromatic heterocycles. The van der Waals surface area contributed by atoms with Crippen LogP contribution in [0.2, 0.25) is 0 Å². The van der Waals surface area contributed by atoms with Gasteiger partial charge in [0.2, 0.25) is 5.91 Å². The van der Waals surface area contributed by atoms with Gasteiger partial charge in [0, 0.05) is 12.1 Å². The summed E-state index contributed by atoms with van der Waals surface area (Å²) < 4.78 is 5.67. The van der Waals surface area contributed by atoms with Gasteiger partial charge in [-0.1, -0.05) is 45.0 Å². The average molecular weight is 325 g/mol. The van der Waals surface area contributed by atoms with E-state index in [0.29, 0.717) is 25.4 Å². The monoisotopic (exact) mass is 325 g/mol. The molecule has 2 rings (SSSR count). The van der Waals surface area contributed by atoms with E-state index in [-0.39, 0.29) is 5.91 Å². The first-order valence-corrected chi connectivity index (χ1v) is 8.70. The van der Waals surface area contributed by atoms with E-state index in [4.69, 9.17) is 4.74 Å². The zero-order valence-corrected chi connectivity index (χ0v) is 14.8. The lowest BCUT2D eigenvalue weighted by molar-refractivity contribution is -0.116. The Morgan fingerprint density at radius 2 is 1.71 bits per heavy atom. The number of ether oxygens (including phenoxy) is 1. The number of hydrogen-bond donors (Lipinski definition) is 1. The van der Waals surface area contributed by atoms with E-state index in [1.54, 1.807) is 0 Å². The van der Waals surface area contributed by atoms with Crippen molar-refractivity contribution in [2.45, 2.75) is 46.0 Å². The number of carbonyl (C=O) groups excluding carboxylic acids is 1. The molecular formula is C21H27NO2. The first-order valence-electron chi connectivity index (χ1n) is 8.70. The fourth-order valence-corrected chi connectivity index (χ4v) is 2.42. The maximum atomic E-state index is 12.0. The second-order valence-corrected chi connectivity index (χ2v) is 6.27. The lowest BCUT2D eigenvalue weighted by atomic mass is 10.0. The van der Waals surface area contributed by atoms with E-state index in [1.165, 1.54) is 11.1 Å². The van der Waals surface area contributed by atoms with Crippen molar-refractivity contribution in [2.75, 3.05) is 11.9 Å². The van der Waals surface area contributed by atoms with E-state index in [2.05, 4.69) is 50.4 Å². The molecule has 0 aliphatic carbocycles.